The molecule has 33 heavy (non-hydrogen) atoms. The van der Waals surface area contributed by atoms with Crippen molar-refractivity contribution in [2.24, 2.45) is 5.73 Å². The van der Waals surface area contributed by atoms with Crippen molar-refractivity contribution in [2.45, 2.75) is 31.5 Å². The van der Waals surface area contributed by atoms with Gasteiger partial charge in [-0.15, -0.1) is 13.2 Å². The number of rotatable bonds is 7. The zero-order chi connectivity index (χ0) is 24.3. The number of nitrogens with zero attached hydrogens (tertiary/aromatic N) is 1. The number of carbonyl (C=O) groups excluding carboxylic acids is 2. The maximum absolute atomic E-state index is 12.7. The fourth-order valence-corrected chi connectivity index (χ4v) is 3.50. The van der Waals surface area contributed by atoms with Crippen molar-refractivity contribution in [1.82, 2.24) is 10.2 Å². The molecule has 0 saturated carbocycles. The predicted octanol–water partition coefficient (Wildman–Crippen LogP) is 2.47. The van der Waals surface area contributed by atoms with Crippen molar-refractivity contribution in [3.8, 4) is 5.75 Å². The van der Waals surface area contributed by atoms with E-state index in [1.165, 1.54) is 0 Å². The number of halogens is 4. The fraction of sp³-hybridized carbons (Fsp3) is 0.286. The Balaban J connectivity index is 1.62. The van der Waals surface area contributed by atoms with Gasteiger partial charge in [0, 0.05) is 23.7 Å². The van der Waals surface area contributed by atoms with Crippen LogP contribution in [0.3, 0.4) is 0 Å². The Labute approximate surface area is 191 Å². The Kier molecular flexibility index (Phi) is 7.13. The molecular weight excluding hydrogens is 465 g/mol. The Bertz CT molecular complexity index is 1060. The largest absolute Gasteiger partial charge is 0.573 e. The van der Waals surface area contributed by atoms with Crippen LogP contribution in [-0.4, -0.2) is 46.6 Å². The van der Waals surface area contributed by atoms with Gasteiger partial charge in [0.25, 0.3) is 5.91 Å². The zero-order valence-corrected chi connectivity index (χ0v) is 17.8. The van der Waals surface area contributed by atoms with Gasteiger partial charge < -0.3 is 25.8 Å². The minimum Gasteiger partial charge on any atom is -0.406 e. The summed E-state index contributed by atoms with van der Waals surface area (Å²) in [5.74, 6) is -2.04. The van der Waals surface area contributed by atoms with E-state index in [4.69, 9.17) is 22.7 Å². The average molecular weight is 485 g/mol. The van der Waals surface area contributed by atoms with E-state index < -0.39 is 36.1 Å². The minimum atomic E-state index is -4.97. The van der Waals surface area contributed by atoms with Gasteiger partial charge in [-0.25, -0.2) is 0 Å². The molecule has 1 aliphatic heterocycles. The van der Waals surface area contributed by atoms with Gasteiger partial charge in [-0.3, -0.25) is 15.0 Å². The number of carbonyl (C=O) groups is 2. The number of nitrogen functional groups attached to an aromatic ring is 1. The highest BCUT2D eigenvalue weighted by Crippen LogP contribution is 2.31. The van der Waals surface area contributed by atoms with Crippen LogP contribution in [0, 0.1) is 5.41 Å². The normalized spacial score (nSPS) is 16.5. The van der Waals surface area contributed by atoms with Crippen LogP contribution >= 0.6 is 11.6 Å². The summed E-state index contributed by atoms with van der Waals surface area (Å²) in [4.78, 5) is 26.3. The van der Waals surface area contributed by atoms with Gasteiger partial charge in [-0.1, -0.05) is 35.9 Å². The standard InChI is InChI=1S/C21H20ClF3N4O4/c22-14-7-13(8-15(9-14)33-21(23,24)25)17(30)20(32)29-6-5-16(29)19(31)28-10-11-1-3-12(4-2-11)18(26)27/h1-4,7-9,16-17,30H,5-6,10H2,(H3,26,27)(H,28,31). The number of aliphatic hydroxyl groups excluding tert-OH is 1. The number of benzene rings is 2. The van der Waals surface area contributed by atoms with E-state index >= 15 is 0 Å². The lowest BCUT2D eigenvalue weighted by Gasteiger charge is -2.40. The van der Waals surface area contributed by atoms with E-state index in [0.29, 0.717) is 12.0 Å². The number of hydrogen-bond acceptors (Lipinski definition) is 5. The molecule has 1 saturated heterocycles. The number of hydrogen-bond donors (Lipinski definition) is 4. The number of nitrogens with one attached hydrogen (secondary N) is 2. The summed E-state index contributed by atoms with van der Waals surface area (Å²) in [6.07, 6.45) is -6.43. The molecular formula is C21H20ClF3N4O4. The highest BCUT2D eigenvalue weighted by Gasteiger charge is 2.40. The Hall–Kier alpha value is -3.31. The van der Waals surface area contributed by atoms with Gasteiger partial charge in [0.15, 0.2) is 6.10 Å². The summed E-state index contributed by atoms with van der Waals surface area (Å²) in [6.45, 7) is 0.373. The summed E-state index contributed by atoms with van der Waals surface area (Å²) >= 11 is 5.79. The second-order valence-corrected chi connectivity index (χ2v) is 7.77. The Morgan fingerprint density at radius 1 is 1.27 bits per heavy atom. The maximum atomic E-state index is 12.7. The topological polar surface area (TPSA) is 129 Å². The van der Waals surface area contributed by atoms with Crippen LogP contribution in [0.4, 0.5) is 13.2 Å². The first-order valence-electron chi connectivity index (χ1n) is 9.70. The molecule has 0 bridgehead atoms. The molecule has 2 atom stereocenters. The highest BCUT2D eigenvalue weighted by molar-refractivity contribution is 6.30. The molecule has 8 nitrogen and oxygen atoms in total. The van der Waals surface area contributed by atoms with E-state index in [2.05, 4.69) is 10.1 Å². The molecule has 1 heterocycles. The van der Waals surface area contributed by atoms with E-state index in [-0.39, 0.29) is 29.5 Å². The zero-order valence-electron chi connectivity index (χ0n) is 17.0. The molecule has 176 valence electrons. The molecule has 3 rings (SSSR count). The monoisotopic (exact) mass is 484 g/mol. The number of amidine groups is 1. The first-order valence-corrected chi connectivity index (χ1v) is 10.1. The van der Waals surface area contributed by atoms with Crippen molar-refractivity contribution in [3.63, 3.8) is 0 Å². The van der Waals surface area contributed by atoms with Crippen LogP contribution in [0.1, 0.15) is 29.2 Å². The van der Waals surface area contributed by atoms with Crippen LogP contribution < -0.4 is 15.8 Å². The van der Waals surface area contributed by atoms with Gasteiger partial charge in [-0.05, 0) is 35.7 Å². The first-order chi connectivity index (χ1) is 15.4. The van der Waals surface area contributed by atoms with Crippen molar-refractivity contribution in [1.29, 1.82) is 5.41 Å². The molecule has 2 unspecified atom stereocenters. The molecule has 0 aromatic heterocycles. The van der Waals surface area contributed by atoms with Crippen molar-refractivity contribution < 1.29 is 32.6 Å². The number of alkyl halides is 3. The van der Waals surface area contributed by atoms with Gasteiger partial charge in [-0.2, -0.15) is 0 Å². The van der Waals surface area contributed by atoms with E-state index in [1.807, 2.05) is 0 Å². The number of ether oxygens (including phenoxy) is 1. The van der Waals surface area contributed by atoms with Crippen LogP contribution in [-0.2, 0) is 16.1 Å². The van der Waals surface area contributed by atoms with Crippen molar-refractivity contribution in [2.75, 3.05) is 6.54 Å². The molecule has 2 aromatic carbocycles. The number of likely N-dealkylation sites (tertiary alicyclic amines) is 1. The second-order valence-electron chi connectivity index (χ2n) is 7.34. The number of amides is 2. The lowest BCUT2D eigenvalue weighted by molar-refractivity contribution is -0.274. The molecule has 0 aliphatic carbocycles. The quantitative estimate of drug-likeness (QED) is 0.354. The van der Waals surface area contributed by atoms with E-state index in [1.54, 1.807) is 24.3 Å². The maximum Gasteiger partial charge on any atom is 0.573 e. The van der Waals surface area contributed by atoms with Crippen LogP contribution in [0.2, 0.25) is 5.02 Å². The molecule has 1 fully saturated rings. The van der Waals surface area contributed by atoms with Crippen LogP contribution in [0.15, 0.2) is 42.5 Å². The Morgan fingerprint density at radius 2 is 1.94 bits per heavy atom. The van der Waals surface area contributed by atoms with Gasteiger partial charge in [0.2, 0.25) is 5.91 Å². The van der Waals surface area contributed by atoms with Gasteiger partial charge in [0.1, 0.15) is 17.6 Å². The van der Waals surface area contributed by atoms with Gasteiger partial charge in [0.05, 0.1) is 0 Å². The molecule has 0 radical (unpaired) electrons. The molecule has 1 aliphatic rings. The third-order valence-corrected chi connectivity index (χ3v) is 5.23. The summed E-state index contributed by atoms with van der Waals surface area (Å²) in [7, 11) is 0. The van der Waals surface area contributed by atoms with Gasteiger partial charge >= 0.3 is 6.36 Å². The number of aliphatic hydroxyl groups is 1. The second kappa shape index (κ2) is 9.67. The summed E-state index contributed by atoms with van der Waals surface area (Å²) in [5.41, 5.74) is 6.50. The fourth-order valence-electron chi connectivity index (χ4n) is 3.27. The molecule has 12 heteroatoms. The Morgan fingerprint density at radius 3 is 2.48 bits per heavy atom. The van der Waals surface area contributed by atoms with E-state index in [0.717, 1.165) is 28.7 Å². The lowest BCUT2D eigenvalue weighted by Crippen LogP contribution is -2.59. The lowest BCUT2D eigenvalue weighted by atomic mass is 9.98. The minimum absolute atomic E-state index is 0.0791. The van der Waals surface area contributed by atoms with E-state index in [9.17, 15) is 27.9 Å². The number of nitrogens with two attached hydrogens (primary N) is 1. The van der Waals surface area contributed by atoms with Crippen molar-refractivity contribution >= 4 is 29.3 Å². The molecule has 0 spiro atoms. The predicted molar refractivity (Wildman–Crippen MR) is 113 cm³/mol. The molecule has 2 aromatic rings. The highest BCUT2D eigenvalue weighted by atomic mass is 35.5. The SMILES string of the molecule is N=C(N)c1ccc(CNC(=O)C2CCN2C(=O)C(O)c2cc(Cl)cc(OC(F)(F)F)c2)cc1. The van der Waals surface area contributed by atoms with Crippen molar-refractivity contribution in [3.05, 3.63) is 64.2 Å². The summed E-state index contributed by atoms with van der Waals surface area (Å²) < 4.78 is 41.3. The molecule has 5 N–H and O–H groups in total. The molecule has 2 amide bonds. The average Bonchev–Trinajstić information content (AvgIpc) is 2.69. The van der Waals surface area contributed by atoms with Crippen LogP contribution in [0.5, 0.6) is 5.75 Å². The summed E-state index contributed by atoms with van der Waals surface area (Å²) in [6, 6.07) is 8.76. The summed E-state index contributed by atoms with van der Waals surface area (Å²) in [5, 5.41) is 20.3. The van der Waals surface area contributed by atoms with Crippen LogP contribution in [0.25, 0.3) is 0 Å². The smallest absolute Gasteiger partial charge is 0.406 e. The third kappa shape index (κ3) is 6.14. The third-order valence-electron chi connectivity index (χ3n) is 5.01. The first kappa shape index (κ1) is 24.3.